The number of amides is 3. The van der Waals surface area contributed by atoms with Crippen LogP contribution in [0.15, 0.2) is 30.7 Å². The Morgan fingerprint density at radius 3 is 2.59 bits per heavy atom. The lowest BCUT2D eigenvalue weighted by atomic mass is 9.99. The van der Waals surface area contributed by atoms with E-state index in [4.69, 9.17) is 15.2 Å². The average molecular weight is 537 g/mol. The van der Waals surface area contributed by atoms with Crippen molar-refractivity contribution in [2.45, 2.75) is 57.7 Å². The fourth-order valence-electron chi connectivity index (χ4n) is 5.11. The third-order valence-corrected chi connectivity index (χ3v) is 7.11. The number of rotatable bonds is 8. The van der Waals surface area contributed by atoms with Gasteiger partial charge in [-0.1, -0.05) is 0 Å². The highest BCUT2D eigenvalue weighted by Gasteiger charge is 2.26. The van der Waals surface area contributed by atoms with E-state index in [9.17, 15) is 19.5 Å². The van der Waals surface area contributed by atoms with E-state index in [-0.39, 0.29) is 36.3 Å². The lowest BCUT2D eigenvalue weighted by molar-refractivity contribution is -0.119. The van der Waals surface area contributed by atoms with Gasteiger partial charge in [-0.2, -0.15) is 5.10 Å². The predicted octanol–water partition coefficient (Wildman–Crippen LogP) is 2.96. The first kappa shape index (κ1) is 26.3. The van der Waals surface area contributed by atoms with Crippen molar-refractivity contribution in [3.05, 3.63) is 36.3 Å². The SMILES string of the molecule is CC(C)Oc1cc2c(OC[C@@H]3CCC(=O)N3)ncc(-c3cnn(C4CCN(C(=O)O)CC4)c3)c2cc1C(N)=O. The maximum absolute atomic E-state index is 12.4. The summed E-state index contributed by atoms with van der Waals surface area (Å²) < 4.78 is 13.8. The van der Waals surface area contributed by atoms with Crippen molar-refractivity contribution in [2.24, 2.45) is 5.73 Å². The van der Waals surface area contributed by atoms with Gasteiger partial charge in [0.15, 0.2) is 0 Å². The topological polar surface area (TPSA) is 162 Å². The van der Waals surface area contributed by atoms with Gasteiger partial charge in [0.2, 0.25) is 11.8 Å². The minimum atomic E-state index is -0.907. The summed E-state index contributed by atoms with van der Waals surface area (Å²) in [6, 6.07) is 3.39. The number of hydrogen-bond acceptors (Lipinski definition) is 7. The molecule has 39 heavy (non-hydrogen) atoms. The van der Waals surface area contributed by atoms with Crippen LogP contribution in [0, 0.1) is 0 Å². The third-order valence-electron chi connectivity index (χ3n) is 7.11. The molecule has 12 heteroatoms. The smallest absolute Gasteiger partial charge is 0.407 e. The number of carbonyl (C=O) groups is 3. The largest absolute Gasteiger partial charge is 0.490 e. The van der Waals surface area contributed by atoms with Gasteiger partial charge in [-0.15, -0.1) is 0 Å². The molecule has 3 aromatic rings. The molecule has 0 spiro atoms. The number of nitrogens with zero attached hydrogens (tertiary/aromatic N) is 4. The van der Waals surface area contributed by atoms with Crippen LogP contribution in [0.3, 0.4) is 0 Å². The van der Waals surface area contributed by atoms with Crippen LogP contribution in [0.2, 0.25) is 0 Å². The van der Waals surface area contributed by atoms with Gasteiger partial charge >= 0.3 is 6.09 Å². The summed E-state index contributed by atoms with van der Waals surface area (Å²) in [5.74, 6) is 0.0743. The molecule has 0 bridgehead atoms. The maximum Gasteiger partial charge on any atom is 0.407 e. The summed E-state index contributed by atoms with van der Waals surface area (Å²) in [5, 5.41) is 18.0. The van der Waals surface area contributed by atoms with Crippen LogP contribution >= 0.6 is 0 Å². The van der Waals surface area contributed by atoms with E-state index >= 15 is 0 Å². The van der Waals surface area contributed by atoms with Crippen molar-refractivity contribution in [3.8, 4) is 22.8 Å². The number of nitrogens with one attached hydrogen (secondary N) is 1. The Hall–Kier alpha value is -4.35. The lowest BCUT2D eigenvalue weighted by Gasteiger charge is -2.30. The number of piperidine rings is 1. The number of ether oxygens (including phenoxy) is 2. The molecule has 0 unspecified atom stereocenters. The number of primary amides is 1. The van der Waals surface area contributed by atoms with Crippen LogP contribution in [-0.2, 0) is 4.79 Å². The number of pyridine rings is 1. The molecule has 2 aliphatic heterocycles. The van der Waals surface area contributed by atoms with Crippen molar-refractivity contribution < 1.29 is 29.0 Å². The van der Waals surface area contributed by atoms with Crippen molar-refractivity contribution >= 4 is 28.7 Å². The Labute approximate surface area is 225 Å². The molecule has 0 aliphatic carbocycles. The standard InChI is InChI=1S/C27H32N6O6/c1-15(2)39-23-10-20-19(9-21(23)25(28)35)22(12-29-26(20)38-14-17-3-4-24(34)31-17)16-11-30-33(13-16)18-5-7-32(8-6-18)27(36)37/h9-13,15,17-18H,3-8,14H2,1-2H3,(H2,28,35)(H,31,34)(H,36,37)/t17-/m0/s1. The highest BCUT2D eigenvalue weighted by atomic mass is 16.5. The summed E-state index contributed by atoms with van der Waals surface area (Å²) in [4.78, 5) is 41.3. The molecule has 2 saturated heterocycles. The van der Waals surface area contributed by atoms with E-state index in [1.165, 1.54) is 4.90 Å². The molecular formula is C27H32N6O6. The highest BCUT2D eigenvalue weighted by molar-refractivity contribution is 6.06. The minimum absolute atomic E-state index is 0.00105. The number of aromatic nitrogens is 3. The normalized spacial score (nSPS) is 18.0. The number of carbonyl (C=O) groups excluding carboxylic acids is 2. The first-order valence-electron chi connectivity index (χ1n) is 13.1. The van der Waals surface area contributed by atoms with Crippen LogP contribution in [0.25, 0.3) is 21.9 Å². The monoisotopic (exact) mass is 536 g/mol. The molecule has 12 nitrogen and oxygen atoms in total. The Bertz CT molecular complexity index is 1410. The Morgan fingerprint density at radius 2 is 1.95 bits per heavy atom. The van der Waals surface area contributed by atoms with Crippen LogP contribution in [-0.4, -0.2) is 74.5 Å². The first-order chi connectivity index (χ1) is 18.7. The fourth-order valence-corrected chi connectivity index (χ4v) is 5.11. The molecule has 2 aromatic heterocycles. The van der Waals surface area contributed by atoms with Crippen molar-refractivity contribution in [1.82, 2.24) is 25.0 Å². The van der Waals surface area contributed by atoms with Gasteiger partial charge in [-0.25, -0.2) is 9.78 Å². The van der Waals surface area contributed by atoms with Gasteiger partial charge < -0.3 is 30.5 Å². The van der Waals surface area contributed by atoms with Gasteiger partial charge in [-0.3, -0.25) is 14.3 Å². The Kier molecular flexibility index (Phi) is 7.27. The zero-order valence-electron chi connectivity index (χ0n) is 21.9. The van der Waals surface area contributed by atoms with Gasteiger partial charge in [0.1, 0.15) is 12.4 Å². The number of nitrogens with two attached hydrogens (primary N) is 1. The summed E-state index contributed by atoms with van der Waals surface area (Å²) >= 11 is 0. The molecule has 4 heterocycles. The molecular weight excluding hydrogens is 504 g/mol. The zero-order chi connectivity index (χ0) is 27.7. The molecule has 3 amide bonds. The van der Waals surface area contributed by atoms with Crippen LogP contribution in [0.4, 0.5) is 4.79 Å². The van der Waals surface area contributed by atoms with E-state index in [1.807, 2.05) is 24.7 Å². The molecule has 4 N–H and O–H groups in total. The van der Waals surface area contributed by atoms with Gasteiger partial charge in [0, 0.05) is 48.4 Å². The second-order valence-electron chi connectivity index (χ2n) is 10.2. The number of hydrogen-bond donors (Lipinski definition) is 3. The quantitative estimate of drug-likeness (QED) is 0.396. The van der Waals surface area contributed by atoms with Crippen LogP contribution < -0.4 is 20.5 Å². The third kappa shape index (κ3) is 5.59. The van der Waals surface area contributed by atoms with E-state index in [0.717, 1.165) is 11.1 Å². The second kappa shape index (κ2) is 10.8. The molecule has 0 saturated carbocycles. The van der Waals surface area contributed by atoms with Crippen molar-refractivity contribution in [1.29, 1.82) is 0 Å². The van der Waals surface area contributed by atoms with E-state index in [2.05, 4.69) is 15.4 Å². The van der Waals surface area contributed by atoms with E-state index in [1.54, 1.807) is 24.5 Å². The second-order valence-corrected chi connectivity index (χ2v) is 10.2. The van der Waals surface area contributed by atoms with Gasteiger partial charge in [0.05, 0.1) is 29.9 Å². The minimum Gasteiger partial charge on any atom is -0.490 e. The number of fused-ring (bicyclic) bond motifs is 1. The van der Waals surface area contributed by atoms with Crippen LogP contribution in [0.5, 0.6) is 11.6 Å². The number of likely N-dealkylation sites (tertiary alicyclic amines) is 1. The van der Waals surface area contributed by atoms with E-state index in [0.29, 0.717) is 61.2 Å². The summed E-state index contributed by atoms with van der Waals surface area (Å²) in [6.45, 7) is 4.89. The maximum atomic E-state index is 12.4. The zero-order valence-corrected chi connectivity index (χ0v) is 21.9. The average Bonchev–Trinajstić information content (AvgIpc) is 3.55. The van der Waals surface area contributed by atoms with Gasteiger partial charge in [-0.05, 0) is 50.6 Å². The summed E-state index contributed by atoms with van der Waals surface area (Å²) in [6.07, 6.45) is 6.70. The van der Waals surface area contributed by atoms with Crippen molar-refractivity contribution in [3.63, 3.8) is 0 Å². The molecule has 0 radical (unpaired) electrons. The Balaban J connectivity index is 1.51. The molecule has 2 aliphatic rings. The molecule has 5 rings (SSSR count). The molecule has 2 fully saturated rings. The molecule has 1 atom stereocenters. The Morgan fingerprint density at radius 1 is 1.18 bits per heavy atom. The number of benzene rings is 1. The fraction of sp³-hybridized carbons (Fsp3) is 0.444. The van der Waals surface area contributed by atoms with Gasteiger partial charge in [0.25, 0.3) is 5.91 Å². The molecule has 1 aromatic carbocycles. The highest BCUT2D eigenvalue weighted by Crippen LogP contribution is 2.38. The summed E-state index contributed by atoms with van der Waals surface area (Å²) in [5.41, 5.74) is 7.49. The lowest BCUT2D eigenvalue weighted by Crippen LogP contribution is -2.38. The predicted molar refractivity (Wildman–Crippen MR) is 142 cm³/mol. The van der Waals surface area contributed by atoms with E-state index < -0.39 is 12.0 Å². The van der Waals surface area contributed by atoms with Crippen LogP contribution in [0.1, 0.15) is 55.9 Å². The first-order valence-corrected chi connectivity index (χ1v) is 13.1. The number of carboxylic acid groups (broad SMARTS) is 1. The summed E-state index contributed by atoms with van der Waals surface area (Å²) in [7, 11) is 0. The van der Waals surface area contributed by atoms with Crippen molar-refractivity contribution in [2.75, 3.05) is 19.7 Å². The molecule has 206 valence electrons.